The van der Waals surface area contributed by atoms with Crippen LogP contribution < -0.4 is 10.1 Å². The number of rotatable bonds is 8. The third-order valence-electron chi connectivity index (χ3n) is 5.09. The van der Waals surface area contributed by atoms with Crippen LogP contribution in [0.3, 0.4) is 0 Å². The van der Waals surface area contributed by atoms with Gasteiger partial charge in [-0.05, 0) is 36.7 Å². The summed E-state index contributed by atoms with van der Waals surface area (Å²) in [5, 5.41) is 20.5. The summed E-state index contributed by atoms with van der Waals surface area (Å²) in [4.78, 5) is 34.4. The molecular formula is C24H28N2O6S. The maximum atomic E-state index is 11.0. The molecule has 0 aliphatic carbocycles. The van der Waals surface area contributed by atoms with Gasteiger partial charge in [0.25, 0.3) is 0 Å². The molecule has 0 bridgehead atoms. The van der Waals surface area contributed by atoms with Crippen molar-refractivity contribution in [3.05, 3.63) is 65.7 Å². The highest BCUT2D eigenvalue weighted by atomic mass is 32.1. The van der Waals surface area contributed by atoms with Crippen molar-refractivity contribution in [3.63, 3.8) is 0 Å². The predicted octanol–water partition coefficient (Wildman–Crippen LogP) is 2.54. The van der Waals surface area contributed by atoms with Gasteiger partial charge < -0.3 is 25.2 Å². The number of benzene rings is 2. The Bertz CT molecular complexity index is 941. The number of nitrogens with one attached hydrogen (secondary N) is 1. The number of carboxylic acid groups (broad SMARTS) is 2. The molecule has 3 rings (SSSR count). The lowest BCUT2D eigenvalue weighted by Gasteiger charge is -2.18. The molecule has 33 heavy (non-hydrogen) atoms. The van der Waals surface area contributed by atoms with Crippen molar-refractivity contribution in [2.24, 2.45) is 0 Å². The number of hydrogen-bond acceptors (Lipinski definition) is 6. The summed E-state index contributed by atoms with van der Waals surface area (Å²) < 4.78 is 5.69. The third-order valence-corrected chi connectivity index (χ3v) is 5.39. The van der Waals surface area contributed by atoms with E-state index in [4.69, 9.17) is 27.2 Å². The molecule has 1 aliphatic rings. The lowest BCUT2D eigenvalue weighted by Crippen LogP contribution is -2.39. The molecule has 8 nitrogen and oxygen atoms in total. The number of likely N-dealkylation sites (tertiary alicyclic amines) is 1. The van der Waals surface area contributed by atoms with E-state index in [0.717, 1.165) is 16.9 Å². The summed E-state index contributed by atoms with van der Waals surface area (Å²) >= 11 is 4.85. The molecule has 1 saturated heterocycles. The van der Waals surface area contributed by atoms with Crippen LogP contribution in [-0.4, -0.2) is 63.5 Å². The molecule has 3 N–H and O–H groups in total. The van der Waals surface area contributed by atoms with E-state index >= 15 is 0 Å². The van der Waals surface area contributed by atoms with Crippen molar-refractivity contribution in [2.45, 2.75) is 38.5 Å². The first-order chi connectivity index (χ1) is 15.7. The van der Waals surface area contributed by atoms with Gasteiger partial charge in [0, 0.05) is 18.2 Å². The topological polar surface area (TPSA) is 116 Å². The van der Waals surface area contributed by atoms with E-state index in [1.165, 1.54) is 11.8 Å². The van der Waals surface area contributed by atoms with Crippen molar-refractivity contribution < 1.29 is 29.3 Å². The number of ether oxygens (including phenoxy) is 1. The van der Waals surface area contributed by atoms with Crippen LogP contribution in [0.4, 0.5) is 0 Å². The zero-order valence-corrected chi connectivity index (χ0v) is 19.4. The van der Waals surface area contributed by atoms with Crippen LogP contribution in [0.5, 0.6) is 5.75 Å². The van der Waals surface area contributed by atoms with Gasteiger partial charge in [0.15, 0.2) is 0 Å². The van der Waals surface area contributed by atoms with Crippen LogP contribution in [0.25, 0.3) is 0 Å². The van der Waals surface area contributed by atoms with Crippen LogP contribution in [0, 0.1) is 0 Å². The fourth-order valence-electron chi connectivity index (χ4n) is 3.25. The quantitative estimate of drug-likeness (QED) is 0.502. The minimum atomic E-state index is -0.981. The Labute approximate surface area is 198 Å². The van der Waals surface area contributed by atoms with Crippen molar-refractivity contribution in [1.82, 2.24) is 10.2 Å². The largest absolute Gasteiger partial charge is 0.489 e. The number of thiocarbonyl (C=S) groups is 1. The molecule has 176 valence electrons. The standard InChI is InChI=1S/C17H19NO3.C7H9NO3S/c1-18-16(17(19)20)11-13-7-9-15(10-8-13)21-12-14-5-3-2-4-6-14;1-4(9)8-3-5(12)2-6(8)7(10)11/h2-10,16,18H,11-12H2,1H3,(H,19,20);6H,2-3H2,1H3,(H,10,11)/t16-;6-/m00/s1. The molecule has 0 aromatic heterocycles. The summed E-state index contributed by atoms with van der Waals surface area (Å²) in [6, 6.07) is 16.2. The first-order valence-corrected chi connectivity index (χ1v) is 10.8. The Morgan fingerprint density at radius 3 is 2.21 bits per heavy atom. The Balaban J connectivity index is 0.000000273. The lowest BCUT2D eigenvalue weighted by atomic mass is 10.1. The number of nitrogens with zero attached hydrogens (tertiary/aromatic N) is 1. The number of carboxylic acids is 2. The molecule has 9 heteroatoms. The van der Waals surface area contributed by atoms with Gasteiger partial charge in [-0.1, -0.05) is 54.7 Å². The van der Waals surface area contributed by atoms with Gasteiger partial charge in [-0.2, -0.15) is 0 Å². The minimum absolute atomic E-state index is 0.234. The normalized spacial score (nSPS) is 15.9. The molecule has 2 atom stereocenters. The van der Waals surface area contributed by atoms with Gasteiger partial charge in [0.05, 0.1) is 6.54 Å². The molecule has 2 aromatic rings. The van der Waals surface area contributed by atoms with Gasteiger partial charge in [0.1, 0.15) is 24.4 Å². The van der Waals surface area contributed by atoms with Crippen LogP contribution in [0.1, 0.15) is 24.5 Å². The Morgan fingerprint density at radius 1 is 1.09 bits per heavy atom. The second kappa shape index (κ2) is 12.7. The van der Waals surface area contributed by atoms with Crippen molar-refractivity contribution in [2.75, 3.05) is 13.6 Å². The number of likely N-dealkylation sites (N-methyl/N-ethyl adjacent to an activating group) is 1. The van der Waals surface area contributed by atoms with E-state index in [1.54, 1.807) is 7.05 Å². The van der Waals surface area contributed by atoms with Crippen LogP contribution in [0.2, 0.25) is 0 Å². The number of carbonyl (C=O) groups is 3. The highest BCUT2D eigenvalue weighted by Crippen LogP contribution is 2.16. The monoisotopic (exact) mass is 472 g/mol. The second-order valence-corrected chi connectivity index (χ2v) is 8.12. The minimum Gasteiger partial charge on any atom is -0.489 e. The molecule has 0 unspecified atom stereocenters. The fraction of sp³-hybridized carbons (Fsp3) is 0.333. The molecule has 1 aliphatic heterocycles. The maximum absolute atomic E-state index is 11.0. The highest BCUT2D eigenvalue weighted by molar-refractivity contribution is 7.80. The molecule has 0 saturated carbocycles. The zero-order chi connectivity index (χ0) is 24.4. The highest BCUT2D eigenvalue weighted by Gasteiger charge is 2.34. The number of hydrogen-bond donors (Lipinski definition) is 3. The maximum Gasteiger partial charge on any atom is 0.326 e. The average Bonchev–Trinajstić information content (AvgIpc) is 3.20. The van der Waals surface area contributed by atoms with Crippen LogP contribution in [-0.2, 0) is 27.4 Å². The van der Waals surface area contributed by atoms with E-state index < -0.39 is 24.0 Å². The number of aliphatic carboxylic acids is 2. The van der Waals surface area contributed by atoms with Gasteiger partial charge in [-0.3, -0.25) is 9.59 Å². The fourth-order valence-corrected chi connectivity index (χ4v) is 3.55. The van der Waals surface area contributed by atoms with E-state index in [2.05, 4.69) is 5.32 Å². The van der Waals surface area contributed by atoms with Crippen molar-refractivity contribution >= 4 is 34.9 Å². The first kappa shape index (κ1) is 26.0. The van der Waals surface area contributed by atoms with Gasteiger partial charge in [-0.15, -0.1) is 0 Å². The van der Waals surface area contributed by atoms with E-state index in [1.807, 2.05) is 54.6 Å². The number of amides is 1. The molecule has 1 heterocycles. The van der Waals surface area contributed by atoms with Gasteiger partial charge >= 0.3 is 11.9 Å². The molecule has 1 fully saturated rings. The molecular weight excluding hydrogens is 444 g/mol. The smallest absolute Gasteiger partial charge is 0.326 e. The Hall–Kier alpha value is -3.30. The summed E-state index contributed by atoms with van der Waals surface area (Å²) in [6.45, 7) is 2.18. The summed E-state index contributed by atoms with van der Waals surface area (Å²) in [7, 11) is 1.65. The van der Waals surface area contributed by atoms with Crippen LogP contribution >= 0.6 is 12.2 Å². The van der Waals surface area contributed by atoms with E-state index in [0.29, 0.717) is 30.9 Å². The van der Waals surface area contributed by atoms with Crippen LogP contribution in [0.15, 0.2) is 54.6 Å². The van der Waals surface area contributed by atoms with Gasteiger partial charge in [0.2, 0.25) is 5.91 Å². The summed E-state index contributed by atoms with van der Waals surface area (Å²) in [5.41, 5.74) is 2.08. The number of carbonyl (C=O) groups excluding carboxylic acids is 1. The van der Waals surface area contributed by atoms with E-state index in [9.17, 15) is 14.4 Å². The predicted molar refractivity (Wildman–Crippen MR) is 127 cm³/mol. The zero-order valence-electron chi connectivity index (χ0n) is 18.6. The lowest BCUT2D eigenvalue weighted by molar-refractivity contribution is -0.147. The molecule has 0 spiro atoms. The van der Waals surface area contributed by atoms with Gasteiger partial charge in [-0.25, -0.2) is 4.79 Å². The van der Waals surface area contributed by atoms with E-state index in [-0.39, 0.29) is 5.91 Å². The Morgan fingerprint density at radius 2 is 1.73 bits per heavy atom. The van der Waals surface area contributed by atoms with Crippen molar-refractivity contribution in [1.29, 1.82) is 0 Å². The molecule has 2 aromatic carbocycles. The first-order valence-electron chi connectivity index (χ1n) is 10.4. The average molecular weight is 473 g/mol. The molecule has 1 amide bonds. The molecule has 0 radical (unpaired) electrons. The third kappa shape index (κ3) is 8.28. The van der Waals surface area contributed by atoms with Crippen molar-refractivity contribution in [3.8, 4) is 5.75 Å². The second-order valence-electron chi connectivity index (χ2n) is 7.55. The summed E-state index contributed by atoms with van der Waals surface area (Å²) in [6.07, 6.45) is 0.759. The summed E-state index contributed by atoms with van der Waals surface area (Å²) in [5.74, 6) is -1.28. The SMILES string of the molecule is CC(=O)N1CC(=S)C[C@H]1C(=O)O.CN[C@@H](Cc1ccc(OCc2ccccc2)cc1)C(=O)O. The Kier molecular flexibility index (Phi) is 9.96.